The highest BCUT2D eigenvalue weighted by Gasteiger charge is 2.19. The largest absolute Gasteiger partial charge is 0.497 e. The molecule has 0 amide bonds. The summed E-state index contributed by atoms with van der Waals surface area (Å²) >= 11 is 0. The monoisotopic (exact) mass is 261 g/mol. The van der Waals surface area contributed by atoms with Crippen molar-refractivity contribution in [2.24, 2.45) is 5.73 Å². The SMILES string of the molecule is CCc1occc1C(N)c1ccc(OC)cc1OC. The van der Waals surface area contributed by atoms with Crippen LogP contribution in [-0.2, 0) is 6.42 Å². The molecule has 1 aromatic carbocycles. The first-order valence-corrected chi connectivity index (χ1v) is 6.25. The van der Waals surface area contributed by atoms with Crippen LogP contribution in [0.3, 0.4) is 0 Å². The van der Waals surface area contributed by atoms with Gasteiger partial charge < -0.3 is 19.6 Å². The molecule has 2 rings (SSSR count). The molecule has 0 aliphatic carbocycles. The van der Waals surface area contributed by atoms with Crippen molar-refractivity contribution in [3.8, 4) is 11.5 Å². The summed E-state index contributed by atoms with van der Waals surface area (Å²) in [5.41, 5.74) is 8.23. The summed E-state index contributed by atoms with van der Waals surface area (Å²) < 4.78 is 16.0. The van der Waals surface area contributed by atoms with Gasteiger partial charge in [0, 0.05) is 23.6 Å². The molecule has 0 saturated carbocycles. The Morgan fingerprint density at radius 2 is 1.95 bits per heavy atom. The van der Waals surface area contributed by atoms with Crippen molar-refractivity contribution in [3.63, 3.8) is 0 Å². The van der Waals surface area contributed by atoms with Crippen LogP contribution in [0.4, 0.5) is 0 Å². The van der Waals surface area contributed by atoms with E-state index in [1.165, 1.54) is 0 Å². The predicted octanol–water partition coefficient (Wildman–Crippen LogP) is 2.91. The molecule has 0 bridgehead atoms. The fourth-order valence-electron chi connectivity index (χ4n) is 2.16. The third-order valence-corrected chi connectivity index (χ3v) is 3.21. The van der Waals surface area contributed by atoms with Crippen molar-refractivity contribution in [2.45, 2.75) is 19.4 Å². The Labute approximate surface area is 113 Å². The van der Waals surface area contributed by atoms with Crippen LogP contribution < -0.4 is 15.2 Å². The molecule has 0 aliphatic heterocycles. The van der Waals surface area contributed by atoms with Crippen molar-refractivity contribution < 1.29 is 13.9 Å². The van der Waals surface area contributed by atoms with Crippen molar-refractivity contribution in [3.05, 3.63) is 47.4 Å². The van der Waals surface area contributed by atoms with Crippen LogP contribution in [0.2, 0.25) is 0 Å². The average Bonchev–Trinajstić information content (AvgIpc) is 2.94. The van der Waals surface area contributed by atoms with Crippen LogP contribution in [0.5, 0.6) is 11.5 Å². The van der Waals surface area contributed by atoms with E-state index in [4.69, 9.17) is 19.6 Å². The summed E-state index contributed by atoms with van der Waals surface area (Å²) in [7, 11) is 3.25. The van der Waals surface area contributed by atoms with E-state index in [1.54, 1.807) is 20.5 Å². The van der Waals surface area contributed by atoms with E-state index in [2.05, 4.69) is 0 Å². The number of furan rings is 1. The smallest absolute Gasteiger partial charge is 0.127 e. The summed E-state index contributed by atoms with van der Waals surface area (Å²) in [5.74, 6) is 2.37. The minimum absolute atomic E-state index is 0.269. The average molecular weight is 261 g/mol. The molecule has 1 aromatic heterocycles. The van der Waals surface area contributed by atoms with Crippen LogP contribution in [0.15, 0.2) is 34.9 Å². The van der Waals surface area contributed by atoms with Crippen LogP contribution in [-0.4, -0.2) is 14.2 Å². The highest BCUT2D eigenvalue weighted by atomic mass is 16.5. The highest BCUT2D eigenvalue weighted by Crippen LogP contribution is 2.33. The van der Waals surface area contributed by atoms with Gasteiger partial charge in [0.25, 0.3) is 0 Å². The zero-order valence-electron chi connectivity index (χ0n) is 11.5. The lowest BCUT2D eigenvalue weighted by Crippen LogP contribution is -2.14. The predicted molar refractivity (Wildman–Crippen MR) is 73.7 cm³/mol. The van der Waals surface area contributed by atoms with Gasteiger partial charge in [0.05, 0.1) is 26.5 Å². The molecule has 0 spiro atoms. The Morgan fingerprint density at radius 3 is 2.58 bits per heavy atom. The third kappa shape index (κ3) is 2.58. The zero-order chi connectivity index (χ0) is 13.8. The van der Waals surface area contributed by atoms with E-state index in [0.717, 1.165) is 34.8 Å². The van der Waals surface area contributed by atoms with E-state index < -0.39 is 0 Å². The lowest BCUT2D eigenvalue weighted by molar-refractivity contribution is 0.389. The molecule has 1 atom stereocenters. The summed E-state index contributed by atoms with van der Waals surface area (Å²) in [6.45, 7) is 2.04. The Kier molecular flexibility index (Phi) is 4.12. The van der Waals surface area contributed by atoms with Crippen molar-refractivity contribution in [1.82, 2.24) is 0 Å². The standard InChI is InChI=1S/C15H19NO3/c1-4-13-12(7-8-19-13)15(16)11-6-5-10(17-2)9-14(11)18-3/h5-9,15H,4,16H2,1-3H3. The first kappa shape index (κ1) is 13.5. The van der Waals surface area contributed by atoms with Crippen molar-refractivity contribution in [1.29, 1.82) is 0 Å². The topological polar surface area (TPSA) is 57.6 Å². The minimum Gasteiger partial charge on any atom is -0.497 e. The molecule has 19 heavy (non-hydrogen) atoms. The Hall–Kier alpha value is -1.94. The molecular weight excluding hydrogens is 242 g/mol. The number of methoxy groups -OCH3 is 2. The maximum Gasteiger partial charge on any atom is 0.127 e. The molecule has 1 heterocycles. The molecule has 4 heteroatoms. The van der Waals surface area contributed by atoms with Gasteiger partial charge in [-0.2, -0.15) is 0 Å². The normalized spacial score (nSPS) is 12.2. The molecule has 0 aliphatic rings. The van der Waals surface area contributed by atoms with Crippen LogP contribution in [0.25, 0.3) is 0 Å². The van der Waals surface area contributed by atoms with Gasteiger partial charge in [0.2, 0.25) is 0 Å². The number of hydrogen-bond donors (Lipinski definition) is 1. The lowest BCUT2D eigenvalue weighted by Gasteiger charge is -2.16. The van der Waals surface area contributed by atoms with Crippen LogP contribution >= 0.6 is 0 Å². The van der Waals surface area contributed by atoms with E-state index >= 15 is 0 Å². The van der Waals surface area contributed by atoms with Gasteiger partial charge in [-0.1, -0.05) is 6.92 Å². The second kappa shape index (κ2) is 5.80. The van der Waals surface area contributed by atoms with Gasteiger partial charge >= 0.3 is 0 Å². The summed E-state index contributed by atoms with van der Waals surface area (Å²) in [5, 5.41) is 0. The van der Waals surface area contributed by atoms with Gasteiger partial charge in [0.1, 0.15) is 17.3 Å². The van der Waals surface area contributed by atoms with Gasteiger partial charge in [-0.3, -0.25) is 0 Å². The first-order valence-electron chi connectivity index (χ1n) is 6.25. The quantitative estimate of drug-likeness (QED) is 0.899. The van der Waals surface area contributed by atoms with E-state index in [-0.39, 0.29) is 6.04 Å². The van der Waals surface area contributed by atoms with E-state index in [1.807, 2.05) is 31.2 Å². The zero-order valence-corrected chi connectivity index (χ0v) is 11.5. The number of nitrogens with two attached hydrogens (primary N) is 1. The molecule has 2 N–H and O–H groups in total. The number of ether oxygens (including phenoxy) is 2. The second-order valence-electron chi connectivity index (χ2n) is 4.24. The maximum absolute atomic E-state index is 6.32. The van der Waals surface area contributed by atoms with Crippen molar-refractivity contribution >= 4 is 0 Å². The number of rotatable bonds is 5. The van der Waals surface area contributed by atoms with Gasteiger partial charge in [-0.25, -0.2) is 0 Å². The fourth-order valence-corrected chi connectivity index (χ4v) is 2.16. The molecule has 4 nitrogen and oxygen atoms in total. The molecule has 0 radical (unpaired) electrons. The first-order chi connectivity index (χ1) is 9.21. The minimum atomic E-state index is -0.269. The van der Waals surface area contributed by atoms with Gasteiger partial charge in [-0.15, -0.1) is 0 Å². The Morgan fingerprint density at radius 1 is 1.16 bits per heavy atom. The number of hydrogen-bond acceptors (Lipinski definition) is 4. The second-order valence-corrected chi connectivity index (χ2v) is 4.24. The fraction of sp³-hybridized carbons (Fsp3) is 0.333. The van der Waals surface area contributed by atoms with E-state index in [0.29, 0.717) is 0 Å². The Balaban J connectivity index is 2.41. The third-order valence-electron chi connectivity index (χ3n) is 3.21. The lowest BCUT2D eigenvalue weighted by atomic mass is 9.98. The molecular formula is C15H19NO3. The van der Waals surface area contributed by atoms with Gasteiger partial charge in [0.15, 0.2) is 0 Å². The Bertz CT molecular complexity index is 548. The van der Waals surface area contributed by atoms with Gasteiger partial charge in [-0.05, 0) is 18.2 Å². The summed E-state index contributed by atoms with van der Waals surface area (Å²) in [6.07, 6.45) is 2.48. The summed E-state index contributed by atoms with van der Waals surface area (Å²) in [4.78, 5) is 0. The molecule has 0 fully saturated rings. The van der Waals surface area contributed by atoms with Crippen molar-refractivity contribution in [2.75, 3.05) is 14.2 Å². The molecule has 0 saturated heterocycles. The molecule has 1 unspecified atom stereocenters. The van der Waals surface area contributed by atoms with E-state index in [9.17, 15) is 0 Å². The summed E-state index contributed by atoms with van der Waals surface area (Å²) in [6, 6.07) is 7.28. The molecule has 2 aromatic rings. The number of benzene rings is 1. The van der Waals surface area contributed by atoms with Crippen LogP contribution in [0.1, 0.15) is 29.9 Å². The molecule has 102 valence electrons. The van der Waals surface area contributed by atoms with Crippen LogP contribution in [0, 0.1) is 0 Å². The maximum atomic E-state index is 6.32. The number of aryl methyl sites for hydroxylation is 1. The highest BCUT2D eigenvalue weighted by molar-refractivity contribution is 5.46.